The molecule has 2 aliphatic heterocycles. The molecule has 4 N–H and O–H groups in total. The number of nitrogens with one attached hydrogen (secondary N) is 2. The first-order valence-electron chi connectivity index (χ1n) is 9.50. The zero-order valence-electron chi connectivity index (χ0n) is 15.8. The minimum absolute atomic E-state index is 0.0331. The molecule has 1 unspecified atom stereocenters. The van der Waals surface area contributed by atoms with Gasteiger partial charge in [0.05, 0.1) is 5.71 Å². The third kappa shape index (κ3) is 3.19. The fourth-order valence-electron chi connectivity index (χ4n) is 3.49. The first-order valence-corrected chi connectivity index (χ1v) is 9.88. The van der Waals surface area contributed by atoms with Gasteiger partial charge in [-0.25, -0.2) is 4.39 Å². The monoisotopic (exact) mass is 424 g/mol. The average molecular weight is 425 g/mol. The van der Waals surface area contributed by atoms with E-state index in [1.807, 2.05) is 29.5 Å². The SMILES string of the molecule is N=C(/C(=C\N)C1=CN2C(c3noc(C4CC4)n3)=CNC2C=C1)c1ccc(Cl)cc1F. The van der Waals surface area contributed by atoms with E-state index in [9.17, 15) is 4.39 Å². The van der Waals surface area contributed by atoms with E-state index >= 15 is 0 Å². The fourth-order valence-corrected chi connectivity index (χ4v) is 3.65. The molecular formula is C21H18ClFN6O. The Kier molecular flexibility index (Phi) is 4.43. The number of nitrogens with two attached hydrogens (primary N) is 1. The van der Waals surface area contributed by atoms with Crippen LogP contribution in [0.4, 0.5) is 4.39 Å². The lowest BCUT2D eigenvalue weighted by Gasteiger charge is -2.27. The van der Waals surface area contributed by atoms with Gasteiger partial charge >= 0.3 is 0 Å². The first-order chi connectivity index (χ1) is 14.5. The summed E-state index contributed by atoms with van der Waals surface area (Å²) in [6.07, 6.45) is 10.8. The Balaban J connectivity index is 1.44. The van der Waals surface area contributed by atoms with Gasteiger partial charge in [-0.05, 0) is 37.1 Å². The second-order valence-electron chi connectivity index (χ2n) is 7.30. The summed E-state index contributed by atoms with van der Waals surface area (Å²) in [5.41, 5.74) is 7.72. The van der Waals surface area contributed by atoms with Gasteiger partial charge in [-0.1, -0.05) is 22.8 Å². The Morgan fingerprint density at radius 2 is 2.23 bits per heavy atom. The predicted molar refractivity (Wildman–Crippen MR) is 111 cm³/mol. The van der Waals surface area contributed by atoms with Crippen molar-refractivity contribution in [3.05, 3.63) is 88.2 Å². The number of halogens is 2. The lowest BCUT2D eigenvalue weighted by atomic mass is 9.95. The molecule has 3 aliphatic rings. The average Bonchev–Trinajstić information content (AvgIpc) is 3.31. The van der Waals surface area contributed by atoms with Gasteiger partial charge in [0.25, 0.3) is 0 Å². The van der Waals surface area contributed by atoms with Crippen molar-refractivity contribution in [3.8, 4) is 0 Å². The third-order valence-corrected chi connectivity index (χ3v) is 5.48. The lowest BCUT2D eigenvalue weighted by molar-refractivity contribution is 0.374. The summed E-state index contributed by atoms with van der Waals surface area (Å²) in [4.78, 5) is 6.45. The summed E-state index contributed by atoms with van der Waals surface area (Å²) in [5, 5.41) is 16.1. The van der Waals surface area contributed by atoms with Crippen molar-refractivity contribution in [2.45, 2.75) is 24.9 Å². The van der Waals surface area contributed by atoms with Gasteiger partial charge < -0.3 is 20.5 Å². The molecule has 0 spiro atoms. The summed E-state index contributed by atoms with van der Waals surface area (Å²) in [6.45, 7) is 0. The lowest BCUT2D eigenvalue weighted by Crippen LogP contribution is -2.33. The topological polar surface area (TPSA) is 104 Å². The van der Waals surface area contributed by atoms with E-state index in [-0.39, 0.29) is 22.5 Å². The maximum Gasteiger partial charge on any atom is 0.230 e. The molecule has 0 amide bonds. The molecule has 152 valence electrons. The maximum absolute atomic E-state index is 14.3. The molecule has 30 heavy (non-hydrogen) atoms. The minimum Gasteiger partial charge on any atom is -0.404 e. The molecule has 1 aliphatic carbocycles. The van der Waals surface area contributed by atoms with Gasteiger partial charge in [0.2, 0.25) is 11.7 Å². The van der Waals surface area contributed by atoms with E-state index in [0.29, 0.717) is 28.8 Å². The highest BCUT2D eigenvalue weighted by Gasteiger charge is 2.33. The van der Waals surface area contributed by atoms with Crippen LogP contribution >= 0.6 is 11.6 Å². The van der Waals surface area contributed by atoms with Crippen LogP contribution in [-0.2, 0) is 0 Å². The van der Waals surface area contributed by atoms with E-state index < -0.39 is 5.82 Å². The van der Waals surface area contributed by atoms with Crippen molar-refractivity contribution in [1.82, 2.24) is 20.4 Å². The van der Waals surface area contributed by atoms with E-state index in [2.05, 4.69) is 15.5 Å². The number of hydrogen-bond acceptors (Lipinski definition) is 7. The number of fused-ring (bicyclic) bond motifs is 1. The molecule has 1 aromatic carbocycles. The second kappa shape index (κ2) is 7.14. The van der Waals surface area contributed by atoms with Crippen molar-refractivity contribution in [2.75, 3.05) is 0 Å². The standard InChI is InChI=1S/C21H18ClFN6O/c22-13-4-5-14(16(23)7-13)19(25)15(8-24)12-3-6-18-26-9-17(29(18)10-12)20-27-21(30-28-20)11-1-2-11/h3-11,18,25-26H,1-2,24H2/b15-8-,25-19?. The van der Waals surface area contributed by atoms with Gasteiger partial charge in [0.1, 0.15) is 17.7 Å². The van der Waals surface area contributed by atoms with Crippen LogP contribution in [-0.4, -0.2) is 26.9 Å². The molecule has 0 radical (unpaired) electrons. The van der Waals surface area contributed by atoms with Crippen molar-refractivity contribution in [3.63, 3.8) is 0 Å². The molecule has 5 rings (SSSR count). The summed E-state index contributed by atoms with van der Waals surface area (Å²) >= 11 is 5.83. The van der Waals surface area contributed by atoms with E-state index in [0.717, 1.165) is 18.5 Å². The highest BCUT2D eigenvalue weighted by atomic mass is 35.5. The smallest absolute Gasteiger partial charge is 0.230 e. The number of nitrogens with zero attached hydrogens (tertiary/aromatic N) is 3. The molecule has 3 heterocycles. The largest absolute Gasteiger partial charge is 0.404 e. The zero-order valence-corrected chi connectivity index (χ0v) is 16.5. The van der Waals surface area contributed by atoms with Gasteiger partial charge in [-0.15, -0.1) is 0 Å². The quantitative estimate of drug-likeness (QED) is 0.633. The number of aromatic nitrogens is 2. The highest BCUT2D eigenvalue weighted by Crippen LogP contribution is 2.40. The van der Waals surface area contributed by atoms with Gasteiger partial charge in [-0.2, -0.15) is 4.98 Å². The molecule has 1 fully saturated rings. The Labute approximate surface area is 176 Å². The molecule has 7 nitrogen and oxygen atoms in total. The van der Waals surface area contributed by atoms with Crippen LogP contribution in [0.1, 0.15) is 36.0 Å². The van der Waals surface area contributed by atoms with Crippen LogP contribution in [0.2, 0.25) is 5.02 Å². The van der Waals surface area contributed by atoms with Crippen LogP contribution in [0, 0.1) is 11.2 Å². The summed E-state index contributed by atoms with van der Waals surface area (Å²) in [5.74, 6) is 0.947. The maximum atomic E-state index is 14.3. The first kappa shape index (κ1) is 18.6. The van der Waals surface area contributed by atoms with Gasteiger partial charge in [0.15, 0.2) is 0 Å². The van der Waals surface area contributed by atoms with Gasteiger partial charge in [-0.3, -0.25) is 5.41 Å². The van der Waals surface area contributed by atoms with E-state index in [1.54, 1.807) is 6.07 Å². The van der Waals surface area contributed by atoms with Crippen molar-refractivity contribution < 1.29 is 8.91 Å². The van der Waals surface area contributed by atoms with E-state index in [4.69, 9.17) is 27.3 Å². The summed E-state index contributed by atoms with van der Waals surface area (Å²) in [7, 11) is 0. The van der Waals surface area contributed by atoms with Crippen LogP contribution in [0.25, 0.3) is 5.70 Å². The molecule has 0 saturated heterocycles. The highest BCUT2D eigenvalue weighted by molar-refractivity contribution is 6.30. The zero-order chi connectivity index (χ0) is 20.8. The molecule has 1 aromatic heterocycles. The van der Waals surface area contributed by atoms with E-state index in [1.165, 1.54) is 18.3 Å². The number of rotatable bonds is 5. The Hall–Kier alpha value is -3.39. The molecule has 1 saturated carbocycles. The number of hydrogen-bond donors (Lipinski definition) is 3. The Morgan fingerprint density at radius 3 is 2.97 bits per heavy atom. The molecular weight excluding hydrogens is 407 g/mol. The molecule has 9 heteroatoms. The predicted octanol–water partition coefficient (Wildman–Crippen LogP) is 3.63. The fraction of sp³-hybridized carbons (Fsp3) is 0.190. The van der Waals surface area contributed by atoms with Crippen LogP contribution < -0.4 is 11.1 Å². The van der Waals surface area contributed by atoms with Crippen molar-refractivity contribution in [1.29, 1.82) is 5.41 Å². The minimum atomic E-state index is -0.576. The third-order valence-electron chi connectivity index (χ3n) is 5.25. The summed E-state index contributed by atoms with van der Waals surface area (Å²) in [6, 6.07) is 4.20. The van der Waals surface area contributed by atoms with Crippen LogP contribution in [0.3, 0.4) is 0 Å². The van der Waals surface area contributed by atoms with Crippen molar-refractivity contribution in [2.24, 2.45) is 5.73 Å². The number of benzene rings is 1. The Bertz CT molecular complexity index is 1160. The second-order valence-corrected chi connectivity index (χ2v) is 7.74. The van der Waals surface area contributed by atoms with Gasteiger partial charge in [0, 0.05) is 46.3 Å². The Morgan fingerprint density at radius 1 is 1.40 bits per heavy atom. The molecule has 0 bridgehead atoms. The summed E-state index contributed by atoms with van der Waals surface area (Å²) < 4.78 is 19.7. The number of allylic oxidation sites excluding steroid dienone is 3. The normalized spacial score (nSPS) is 20.5. The molecule has 1 atom stereocenters. The van der Waals surface area contributed by atoms with Crippen LogP contribution in [0.5, 0.6) is 0 Å². The van der Waals surface area contributed by atoms with Crippen molar-refractivity contribution >= 4 is 23.0 Å². The van der Waals surface area contributed by atoms with Crippen LogP contribution in [0.15, 0.2) is 64.6 Å². The molecule has 2 aromatic rings.